The number of hydrogen-bond donors (Lipinski definition) is 1. The van der Waals surface area contributed by atoms with Gasteiger partial charge in [0.25, 0.3) is 0 Å². The lowest BCUT2D eigenvalue weighted by atomic mass is 10.2. The summed E-state index contributed by atoms with van der Waals surface area (Å²) >= 11 is 1.57. The van der Waals surface area contributed by atoms with Crippen LogP contribution < -0.4 is 14.8 Å². The molecular weight excluding hydrogens is 274 g/mol. The van der Waals surface area contributed by atoms with Crippen molar-refractivity contribution in [1.29, 1.82) is 0 Å². The van der Waals surface area contributed by atoms with Crippen LogP contribution in [0, 0.1) is 0 Å². The summed E-state index contributed by atoms with van der Waals surface area (Å²) in [6, 6.07) is 5.90. The first-order valence-corrected chi connectivity index (χ1v) is 7.30. The molecule has 2 aromatic rings. The third kappa shape index (κ3) is 3.08. The highest BCUT2D eigenvalue weighted by molar-refractivity contribution is 7.14. The molecule has 0 aliphatic heterocycles. The van der Waals surface area contributed by atoms with Crippen LogP contribution in [0.15, 0.2) is 18.2 Å². The van der Waals surface area contributed by atoms with Crippen molar-refractivity contribution in [1.82, 2.24) is 15.5 Å². The molecule has 0 bridgehead atoms. The van der Waals surface area contributed by atoms with Crippen molar-refractivity contribution in [3.63, 3.8) is 0 Å². The number of ether oxygens (including phenoxy) is 2. The Morgan fingerprint density at radius 3 is 2.70 bits per heavy atom. The van der Waals surface area contributed by atoms with Gasteiger partial charge in [-0.1, -0.05) is 18.3 Å². The minimum atomic E-state index is 0.204. The molecule has 108 valence electrons. The monoisotopic (exact) mass is 293 g/mol. The summed E-state index contributed by atoms with van der Waals surface area (Å²) < 4.78 is 10.6. The molecular formula is C14H19N3O2S. The predicted octanol–water partition coefficient (Wildman–Crippen LogP) is 2.89. The van der Waals surface area contributed by atoms with E-state index in [1.165, 1.54) is 0 Å². The summed E-state index contributed by atoms with van der Waals surface area (Å²) in [4.78, 5) is 0. The van der Waals surface area contributed by atoms with E-state index >= 15 is 0 Å². The smallest absolute Gasteiger partial charge is 0.151 e. The molecule has 20 heavy (non-hydrogen) atoms. The average molecular weight is 293 g/mol. The molecule has 0 saturated carbocycles. The first-order valence-electron chi connectivity index (χ1n) is 6.48. The number of nitrogens with zero attached hydrogens (tertiary/aromatic N) is 2. The lowest BCUT2D eigenvalue weighted by Gasteiger charge is -2.08. The Kier molecular flexibility index (Phi) is 4.92. The van der Waals surface area contributed by atoms with Crippen LogP contribution in [0.25, 0.3) is 10.6 Å². The van der Waals surface area contributed by atoms with E-state index in [0.717, 1.165) is 33.6 Å². The van der Waals surface area contributed by atoms with Gasteiger partial charge < -0.3 is 14.8 Å². The maximum Gasteiger partial charge on any atom is 0.151 e. The first kappa shape index (κ1) is 14.7. The first-order chi connectivity index (χ1) is 9.69. The quantitative estimate of drug-likeness (QED) is 0.887. The van der Waals surface area contributed by atoms with Gasteiger partial charge in [-0.05, 0) is 25.6 Å². The van der Waals surface area contributed by atoms with E-state index in [9.17, 15) is 0 Å². The average Bonchev–Trinajstić information content (AvgIpc) is 2.96. The van der Waals surface area contributed by atoms with E-state index in [2.05, 4.69) is 29.4 Å². The molecule has 1 aromatic carbocycles. The number of methoxy groups -OCH3 is 2. The van der Waals surface area contributed by atoms with E-state index in [-0.39, 0.29) is 6.04 Å². The molecule has 6 heteroatoms. The molecule has 1 heterocycles. The maximum absolute atomic E-state index is 5.40. The van der Waals surface area contributed by atoms with Crippen LogP contribution in [0.3, 0.4) is 0 Å². The predicted molar refractivity (Wildman–Crippen MR) is 80.5 cm³/mol. The Balaban J connectivity index is 2.32. The molecule has 1 aromatic heterocycles. The van der Waals surface area contributed by atoms with Crippen molar-refractivity contribution in [3.8, 4) is 22.1 Å². The van der Waals surface area contributed by atoms with Crippen LogP contribution in [0.1, 0.15) is 24.9 Å². The highest BCUT2D eigenvalue weighted by Gasteiger charge is 2.15. The minimum Gasteiger partial charge on any atom is -0.497 e. The molecule has 2 rings (SSSR count). The van der Waals surface area contributed by atoms with Crippen LogP contribution >= 0.6 is 11.3 Å². The molecule has 1 unspecified atom stereocenters. The fourth-order valence-electron chi connectivity index (χ4n) is 1.89. The van der Waals surface area contributed by atoms with Gasteiger partial charge in [0.05, 0.1) is 25.8 Å². The summed E-state index contributed by atoms with van der Waals surface area (Å²) in [5.74, 6) is 1.50. The largest absolute Gasteiger partial charge is 0.497 e. The van der Waals surface area contributed by atoms with Crippen LogP contribution in [0.4, 0.5) is 0 Å². The molecule has 0 aliphatic carbocycles. The van der Waals surface area contributed by atoms with Crippen molar-refractivity contribution < 1.29 is 9.47 Å². The lowest BCUT2D eigenvalue weighted by Crippen LogP contribution is -2.17. The molecule has 1 N–H and O–H groups in total. The van der Waals surface area contributed by atoms with Crippen LogP contribution in [0.5, 0.6) is 11.5 Å². The summed E-state index contributed by atoms with van der Waals surface area (Å²) in [5, 5.41) is 13.7. The van der Waals surface area contributed by atoms with Gasteiger partial charge >= 0.3 is 0 Å². The lowest BCUT2D eigenvalue weighted by molar-refractivity contribution is 0.395. The van der Waals surface area contributed by atoms with Gasteiger partial charge in [0, 0.05) is 6.07 Å². The second-order valence-corrected chi connectivity index (χ2v) is 5.30. The molecule has 0 aliphatic rings. The molecule has 0 amide bonds. The van der Waals surface area contributed by atoms with Gasteiger partial charge in [0.1, 0.15) is 16.5 Å². The van der Waals surface area contributed by atoms with Crippen molar-refractivity contribution in [2.45, 2.75) is 19.9 Å². The van der Waals surface area contributed by atoms with Gasteiger partial charge in [-0.3, -0.25) is 0 Å². The Bertz CT molecular complexity index is 571. The van der Waals surface area contributed by atoms with Gasteiger partial charge in [0.2, 0.25) is 0 Å². The van der Waals surface area contributed by atoms with E-state index in [4.69, 9.17) is 9.47 Å². The summed E-state index contributed by atoms with van der Waals surface area (Å²) in [7, 11) is 3.27. The van der Waals surface area contributed by atoms with Gasteiger partial charge in [-0.2, -0.15) is 0 Å². The minimum absolute atomic E-state index is 0.204. The van der Waals surface area contributed by atoms with Crippen molar-refractivity contribution in [2.75, 3.05) is 20.8 Å². The number of nitrogens with one attached hydrogen (secondary N) is 1. The van der Waals surface area contributed by atoms with Crippen molar-refractivity contribution in [2.24, 2.45) is 0 Å². The number of benzene rings is 1. The van der Waals surface area contributed by atoms with E-state index in [0.29, 0.717) is 0 Å². The fraction of sp³-hybridized carbons (Fsp3) is 0.429. The third-order valence-electron chi connectivity index (χ3n) is 2.96. The zero-order chi connectivity index (χ0) is 14.5. The summed E-state index contributed by atoms with van der Waals surface area (Å²) in [6.07, 6.45) is 0. The number of aromatic nitrogens is 2. The van der Waals surface area contributed by atoms with E-state index in [1.807, 2.05) is 18.2 Å². The van der Waals surface area contributed by atoms with Crippen molar-refractivity contribution >= 4 is 11.3 Å². The highest BCUT2D eigenvalue weighted by Crippen LogP contribution is 2.35. The Morgan fingerprint density at radius 2 is 2.05 bits per heavy atom. The standard InChI is InChI=1S/C14H19N3O2S/c1-5-15-9(2)13-16-17-14(20-13)11-7-6-10(18-3)8-12(11)19-4/h6-9,15H,5H2,1-4H3. The highest BCUT2D eigenvalue weighted by atomic mass is 32.1. The van der Waals surface area contributed by atoms with Gasteiger partial charge in [0.15, 0.2) is 5.01 Å². The summed E-state index contributed by atoms with van der Waals surface area (Å²) in [6.45, 7) is 5.06. The Labute approximate surface area is 123 Å². The molecule has 0 saturated heterocycles. The SMILES string of the molecule is CCNC(C)c1nnc(-c2ccc(OC)cc2OC)s1. The number of hydrogen-bond acceptors (Lipinski definition) is 6. The van der Waals surface area contributed by atoms with Crippen molar-refractivity contribution in [3.05, 3.63) is 23.2 Å². The Morgan fingerprint density at radius 1 is 1.25 bits per heavy atom. The zero-order valence-electron chi connectivity index (χ0n) is 12.1. The third-order valence-corrected chi connectivity index (χ3v) is 4.10. The van der Waals surface area contributed by atoms with Crippen LogP contribution in [0.2, 0.25) is 0 Å². The molecule has 0 fully saturated rings. The molecule has 0 spiro atoms. The van der Waals surface area contributed by atoms with E-state index in [1.54, 1.807) is 25.6 Å². The second kappa shape index (κ2) is 6.67. The van der Waals surface area contributed by atoms with Gasteiger partial charge in [-0.25, -0.2) is 0 Å². The zero-order valence-corrected chi connectivity index (χ0v) is 13.0. The van der Waals surface area contributed by atoms with Crippen LogP contribution in [-0.2, 0) is 0 Å². The summed E-state index contributed by atoms with van der Waals surface area (Å²) in [5.41, 5.74) is 0.931. The number of rotatable bonds is 6. The maximum atomic E-state index is 5.40. The molecule has 5 nitrogen and oxygen atoms in total. The fourth-order valence-corrected chi connectivity index (χ4v) is 2.79. The van der Waals surface area contributed by atoms with Gasteiger partial charge in [-0.15, -0.1) is 10.2 Å². The molecule has 0 radical (unpaired) electrons. The molecule has 1 atom stereocenters. The van der Waals surface area contributed by atoms with Crippen LogP contribution in [-0.4, -0.2) is 31.0 Å². The van der Waals surface area contributed by atoms with E-state index < -0.39 is 0 Å². The topological polar surface area (TPSA) is 56.3 Å². The normalized spacial score (nSPS) is 12.2. The second-order valence-electron chi connectivity index (χ2n) is 4.29. The Hall–Kier alpha value is -1.66.